The third-order valence-corrected chi connectivity index (χ3v) is 2.50. The third-order valence-electron chi connectivity index (χ3n) is 2.50. The number of aromatic nitrogens is 1. The summed E-state index contributed by atoms with van der Waals surface area (Å²) in [5.41, 5.74) is 0.649. The molecule has 21 heavy (non-hydrogen) atoms. The fraction of sp³-hybridized carbons (Fsp3) is 0.125. The molecule has 108 valence electrons. The van der Waals surface area contributed by atoms with Crippen molar-refractivity contribution in [3.05, 3.63) is 54.4 Å². The number of carboxylic acids is 1. The zero-order valence-electron chi connectivity index (χ0n) is 11.5. The number of benzene rings is 1. The van der Waals surface area contributed by atoms with Crippen molar-refractivity contribution in [2.75, 3.05) is 6.61 Å². The van der Waals surface area contributed by atoms with Crippen LogP contribution in [0, 0.1) is 0 Å². The van der Waals surface area contributed by atoms with Crippen LogP contribution in [0.15, 0.2) is 48.8 Å². The average Bonchev–Trinajstić information content (AvgIpc) is 2.46. The summed E-state index contributed by atoms with van der Waals surface area (Å²) in [6, 6.07) is 8.98. The summed E-state index contributed by atoms with van der Waals surface area (Å²) < 4.78 is 11.1. The molecular weight excluding hydrogens is 270 g/mol. The molecule has 1 aromatic heterocycles. The van der Waals surface area contributed by atoms with Gasteiger partial charge in [0.2, 0.25) is 0 Å². The molecule has 0 radical (unpaired) electrons. The number of rotatable bonds is 6. The second-order valence-electron chi connectivity index (χ2n) is 4.14. The molecule has 0 saturated heterocycles. The lowest BCUT2D eigenvalue weighted by molar-refractivity contribution is -0.131. The topological polar surface area (TPSA) is 68.7 Å². The maximum Gasteiger partial charge on any atom is 0.328 e. The van der Waals surface area contributed by atoms with E-state index in [0.717, 1.165) is 11.8 Å². The van der Waals surface area contributed by atoms with E-state index in [9.17, 15) is 4.79 Å². The van der Waals surface area contributed by atoms with Crippen LogP contribution in [0.5, 0.6) is 17.2 Å². The standard InChI is InChI=1S/C16H15NO4/c1-2-20-13-4-3-5-14(9-13)21-15-8-12(10-17-11-15)6-7-16(18)19/h3-11H,2H2,1H3,(H,18,19)/b7-6+. The minimum absolute atomic E-state index is 0.524. The number of pyridine rings is 1. The first-order chi connectivity index (χ1) is 10.2. The summed E-state index contributed by atoms with van der Waals surface area (Å²) in [6.07, 6.45) is 5.63. The van der Waals surface area contributed by atoms with Gasteiger partial charge in [-0.1, -0.05) is 6.07 Å². The lowest BCUT2D eigenvalue weighted by atomic mass is 10.2. The van der Waals surface area contributed by atoms with Gasteiger partial charge in [0.15, 0.2) is 0 Å². The zero-order chi connectivity index (χ0) is 15.1. The van der Waals surface area contributed by atoms with Gasteiger partial charge in [-0.2, -0.15) is 0 Å². The highest BCUT2D eigenvalue weighted by Crippen LogP contribution is 2.25. The predicted octanol–water partition coefficient (Wildman–Crippen LogP) is 3.37. The molecule has 0 bridgehead atoms. The van der Waals surface area contributed by atoms with Crippen LogP contribution >= 0.6 is 0 Å². The molecule has 1 aromatic carbocycles. The molecular formula is C16H15NO4. The number of aliphatic carboxylic acids is 1. The Bertz CT molecular complexity index is 652. The van der Waals surface area contributed by atoms with Gasteiger partial charge < -0.3 is 14.6 Å². The van der Waals surface area contributed by atoms with Gasteiger partial charge in [-0.3, -0.25) is 4.98 Å². The minimum atomic E-state index is -1.01. The summed E-state index contributed by atoms with van der Waals surface area (Å²) in [5.74, 6) is 0.869. The van der Waals surface area contributed by atoms with Crippen LogP contribution in [-0.4, -0.2) is 22.7 Å². The van der Waals surface area contributed by atoms with Crippen molar-refractivity contribution in [1.29, 1.82) is 0 Å². The average molecular weight is 285 g/mol. The highest BCUT2D eigenvalue weighted by atomic mass is 16.5. The maximum absolute atomic E-state index is 10.5. The van der Waals surface area contributed by atoms with E-state index < -0.39 is 5.97 Å². The summed E-state index contributed by atoms with van der Waals surface area (Å²) in [7, 11) is 0. The molecule has 0 aliphatic rings. The fourth-order valence-electron chi connectivity index (χ4n) is 1.68. The van der Waals surface area contributed by atoms with Crippen LogP contribution in [0.1, 0.15) is 12.5 Å². The van der Waals surface area contributed by atoms with E-state index >= 15 is 0 Å². The Hall–Kier alpha value is -2.82. The van der Waals surface area contributed by atoms with Crippen LogP contribution in [0.2, 0.25) is 0 Å². The second kappa shape index (κ2) is 7.09. The largest absolute Gasteiger partial charge is 0.494 e. The van der Waals surface area contributed by atoms with Crippen molar-refractivity contribution in [2.24, 2.45) is 0 Å². The van der Waals surface area contributed by atoms with Gasteiger partial charge in [-0.15, -0.1) is 0 Å². The van der Waals surface area contributed by atoms with E-state index in [2.05, 4.69) is 4.98 Å². The highest BCUT2D eigenvalue weighted by molar-refractivity contribution is 5.85. The van der Waals surface area contributed by atoms with Gasteiger partial charge in [-0.05, 0) is 36.8 Å². The van der Waals surface area contributed by atoms with E-state index in [4.69, 9.17) is 14.6 Å². The van der Waals surface area contributed by atoms with Gasteiger partial charge in [0.05, 0.1) is 12.8 Å². The molecule has 0 fully saturated rings. The molecule has 5 nitrogen and oxygen atoms in total. The van der Waals surface area contributed by atoms with Crippen LogP contribution in [-0.2, 0) is 4.79 Å². The molecule has 0 saturated carbocycles. The normalized spacial score (nSPS) is 10.5. The van der Waals surface area contributed by atoms with Crippen molar-refractivity contribution in [3.8, 4) is 17.2 Å². The van der Waals surface area contributed by atoms with Crippen molar-refractivity contribution < 1.29 is 19.4 Å². The third kappa shape index (κ3) is 4.65. The van der Waals surface area contributed by atoms with E-state index in [1.165, 1.54) is 6.08 Å². The molecule has 0 aliphatic heterocycles. The number of carbonyl (C=O) groups is 1. The fourth-order valence-corrected chi connectivity index (χ4v) is 1.68. The van der Waals surface area contributed by atoms with Crippen LogP contribution in [0.3, 0.4) is 0 Å². The van der Waals surface area contributed by atoms with Gasteiger partial charge in [-0.25, -0.2) is 4.79 Å². The quantitative estimate of drug-likeness (QED) is 0.824. The molecule has 1 heterocycles. The summed E-state index contributed by atoms with van der Waals surface area (Å²) in [6.45, 7) is 2.50. The Morgan fingerprint density at radius 1 is 1.24 bits per heavy atom. The molecule has 0 aliphatic carbocycles. The zero-order valence-corrected chi connectivity index (χ0v) is 11.5. The molecule has 1 N–H and O–H groups in total. The van der Waals surface area contributed by atoms with Crippen molar-refractivity contribution >= 4 is 12.0 Å². The Labute approximate surface area is 122 Å². The molecule has 0 spiro atoms. The number of ether oxygens (including phenoxy) is 2. The predicted molar refractivity (Wildman–Crippen MR) is 78.6 cm³/mol. The number of nitrogens with zero attached hydrogens (tertiary/aromatic N) is 1. The molecule has 0 atom stereocenters. The minimum Gasteiger partial charge on any atom is -0.494 e. The van der Waals surface area contributed by atoms with Crippen LogP contribution < -0.4 is 9.47 Å². The first-order valence-electron chi connectivity index (χ1n) is 6.44. The summed E-state index contributed by atoms with van der Waals surface area (Å²) in [4.78, 5) is 14.5. The van der Waals surface area contributed by atoms with Crippen LogP contribution in [0.4, 0.5) is 0 Å². The van der Waals surface area contributed by atoms with Gasteiger partial charge in [0, 0.05) is 18.3 Å². The first-order valence-corrected chi connectivity index (χ1v) is 6.44. The van der Waals surface area contributed by atoms with Gasteiger partial charge in [0.25, 0.3) is 0 Å². The first kappa shape index (κ1) is 14.6. The van der Waals surface area contributed by atoms with E-state index in [0.29, 0.717) is 23.7 Å². The molecule has 2 rings (SSSR count). The Morgan fingerprint density at radius 2 is 2.05 bits per heavy atom. The monoisotopic (exact) mass is 285 g/mol. The van der Waals surface area contributed by atoms with Gasteiger partial charge >= 0.3 is 5.97 Å². The number of hydrogen-bond donors (Lipinski definition) is 1. The lowest BCUT2D eigenvalue weighted by Crippen LogP contribution is -1.92. The summed E-state index contributed by atoms with van der Waals surface area (Å²) in [5, 5.41) is 8.61. The molecule has 0 amide bonds. The smallest absolute Gasteiger partial charge is 0.328 e. The lowest BCUT2D eigenvalue weighted by Gasteiger charge is -2.08. The van der Waals surface area contributed by atoms with Crippen LogP contribution in [0.25, 0.3) is 6.08 Å². The van der Waals surface area contributed by atoms with E-state index in [1.807, 2.05) is 25.1 Å². The Morgan fingerprint density at radius 3 is 2.81 bits per heavy atom. The summed E-state index contributed by atoms with van der Waals surface area (Å²) >= 11 is 0. The number of hydrogen-bond acceptors (Lipinski definition) is 4. The Balaban J connectivity index is 2.14. The van der Waals surface area contributed by atoms with Crippen molar-refractivity contribution in [3.63, 3.8) is 0 Å². The van der Waals surface area contributed by atoms with Crippen molar-refractivity contribution in [2.45, 2.75) is 6.92 Å². The van der Waals surface area contributed by atoms with E-state index in [-0.39, 0.29) is 0 Å². The van der Waals surface area contributed by atoms with E-state index in [1.54, 1.807) is 24.5 Å². The number of carboxylic acid groups (broad SMARTS) is 1. The Kier molecular flexibility index (Phi) is 4.93. The van der Waals surface area contributed by atoms with Crippen molar-refractivity contribution in [1.82, 2.24) is 4.98 Å². The van der Waals surface area contributed by atoms with Gasteiger partial charge in [0.1, 0.15) is 17.2 Å². The highest BCUT2D eigenvalue weighted by Gasteiger charge is 2.01. The molecule has 5 heteroatoms. The molecule has 2 aromatic rings. The molecule has 0 unspecified atom stereocenters. The maximum atomic E-state index is 10.5. The SMILES string of the molecule is CCOc1cccc(Oc2cncc(/C=C/C(=O)O)c2)c1. The second-order valence-corrected chi connectivity index (χ2v) is 4.14.